The first-order valence-corrected chi connectivity index (χ1v) is 13.9. The molecule has 0 aromatic heterocycles. The Morgan fingerprint density at radius 3 is 1.83 bits per heavy atom. The number of rotatable bonds is 12. The largest absolute Gasteiger partial charge is 0.469 e. The summed E-state index contributed by atoms with van der Waals surface area (Å²) < 4.78 is 25.7. The van der Waals surface area contributed by atoms with Crippen molar-refractivity contribution < 1.29 is 37.9 Å². The molecular weight excluding hydrogens is 479 g/mol. The fraction of sp³-hybridized carbons (Fsp3) is 0.625. The maximum atomic E-state index is 11.7. The smallest absolute Gasteiger partial charge is 0.460 e. The molecule has 2 unspecified atom stereocenters. The fourth-order valence-corrected chi connectivity index (χ4v) is 9.41. The van der Waals surface area contributed by atoms with Crippen LogP contribution < -0.4 is 0 Å². The Hall–Kier alpha value is -0.0700. The van der Waals surface area contributed by atoms with Crippen molar-refractivity contribution in [2.45, 2.75) is 27.6 Å². The Morgan fingerprint density at radius 2 is 1.41 bits per heavy atom. The SMILES string of the molecule is C=C(C)C(=O)OCC1SC(COC(=O)C(=C)C)SC(CSCCOP(=O)(O)O)S1. The van der Waals surface area contributed by atoms with Gasteiger partial charge in [0.25, 0.3) is 0 Å². The van der Waals surface area contributed by atoms with Gasteiger partial charge in [0, 0.05) is 22.7 Å². The molecule has 0 bridgehead atoms. The highest BCUT2D eigenvalue weighted by molar-refractivity contribution is 8.34. The third-order valence-electron chi connectivity index (χ3n) is 3.05. The number of hydrogen-bond acceptors (Lipinski definition) is 10. The van der Waals surface area contributed by atoms with Gasteiger partial charge in [0.05, 0.1) is 20.4 Å². The van der Waals surface area contributed by atoms with Gasteiger partial charge in [-0.2, -0.15) is 11.8 Å². The van der Waals surface area contributed by atoms with Gasteiger partial charge in [-0.15, -0.1) is 35.3 Å². The molecule has 1 rings (SSSR count). The summed E-state index contributed by atoms with van der Waals surface area (Å²) in [6.45, 7) is 10.6. The molecule has 0 aliphatic carbocycles. The fourth-order valence-electron chi connectivity index (χ4n) is 1.77. The zero-order chi connectivity index (χ0) is 22.0. The number of ether oxygens (including phenoxy) is 2. The zero-order valence-corrected chi connectivity index (χ0v) is 20.3. The average molecular weight is 505 g/mol. The van der Waals surface area contributed by atoms with E-state index in [1.54, 1.807) is 49.1 Å². The van der Waals surface area contributed by atoms with E-state index >= 15 is 0 Å². The van der Waals surface area contributed by atoms with Crippen LogP contribution in [0.15, 0.2) is 24.3 Å². The van der Waals surface area contributed by atoms with E-state index in [9.17, 15) is 14.2 Å². The number of carbonyl (C=O) groups is 2. The molecule has 1 fully saturated rings. The van der Waals surface area contributed by atoms with Gasteiger partial charge in [0.15, 0.2) is 0 Å². The number of carbonyl (C=O) groups excluding carboxylic acids is 2. The van der Waals surface area contributed by atoms with Crippen molar-refractivity contribution in [1.82, 2.24) is 0 Å². The van der Waals surface area contributed by atoms with Gasteiger partial charge in [-0.25, -0.2) is 14.2 Å². The molecule has 13 heteroatoms. The summed E-state index contributed by atoms with van der Waals surface area (Å²) >= 11 is 6.34. The van der Waals surface area contributed by atoms with E-state index in [1.807, 2.05) is 0 Å². The van der Waals surface area contributed by atoms with E-state index in [1.165, 1.54) is 11.8 Å². The lowest BCUT2D eigenvalue weighted by Gasteiger charge is -2.33. The van der Waals surface area contributed by atoms with E-state index in [0.717, 1.165) is 0 Å². The van der Waals surface area contributed by atoms with Gasteiger partial charge in [-0.3, -0.25) is 4.52 Å². The van der Waals surface area contributed by atoms with Crippen LogP contribution in [-0.4, -0.2) is 66.8 Å². The van der Waals surface area contributed by atoms with Crippen molar-refractivity contribution in [3.05, 3.63) is 24.3 Å². The quantitative estimate of drug-likeness (QED) is 0.176. The normalized spacial score (nSPS) is 22.0. The topological polar surface area (TPSA) is 119 Å². The van der Waals surface area contributed by atoms with E-state index in [2.05, 4.69) is 17.7 Å². The van der Waals surface area contributed by atoms with Crippen molar-refractivity contribution in [2.75, 3.05) is 31.3 Å². The van der Waals surface area contributed by atoms with E-state index < -0.39 is 19.8 Å². The number of thioether (sulfide) groups is 4. The first-order chi connectivity index (χ1) is 13.5. The maximum absolute atomic E-state index is 11.7. The highest BCUT2D eigenvalue weighted by atomic mass is 32.3. The molecule has 2 N–H and O–H groups in total. The van der Waals surface area contributed by atoms with Crippen molar-refractivity contribution in [2.24, 2.45) is 0 Å². The molecule has 0 amide bonds. The lowest BCUT2D eigenvalue weighted by atomic mass is 10.4. The van der Waals surface area contributed by atoms with Gasteiger partial charge in [-0.05, 0) is 13.8 Å². The molecule has 0 saturated carbocycles. The van der Waals surface area contributed by atoms with E-state index in [4.69, 9.17) is 19.3 Å². The van der Waals surface area contributed by atoms with E-state index in [0.29, 0.717) is 22.7 Å². The van der Waals surface area contributed by atoms with Crippen molar-refractivity contribution in [1.29, 1.82) is 0 Å². The first kappa shape index (κ1) is 27.0. The lowest BCUT2D eigenvalue weighted by Crippen LogP contribution is -2.27. The van der Waals surface area contributed by atoms with Gasteiger partial charge in [-0.1, -0.05) is 13.2 Å². The van der Waals surface area contributed by atoms with Crippen LogP contribution in [0, 0.1) is 0 Å². The summed E-state index contributed by atoms with van der Waals surface area (Å²) in [6, 6.07) is 0. The maximum Gasteiger partial charge on any atom is 0.469 e. The molecule has 2 atom stereocenters. The molecule has 0 aromatic carbocycles. The van der Waals surface area contributed by atoms with Crippen LogP contribution in [0.2, 0.25) is 0 Å². The summed E-state index contributed by atoms with van der Waals surface area (Å²) in [7, 11) is -4.45. The molecule has 1 aliphatic rings. The predicted molar refractivity (Wildman–Crippen MR) is 121 cm³/mol. The number of hydrogen-bond donors (Lipinski definition) is 2. The third-order valence-corrected chi connectivity index (χ3v) is 9.71. The Labute approximate surface area is 187 Å². The van der Waals surface area contributed by atoms with Crippen molar-refractivity contribution in [3.8, 4) is 0 Å². The first-order valence-electron chi connectivity index (χ1n) is 8.37. The molecule has 0 aromatic rings. The number of esters is 2. The van der Waals surface area contributed by atoms with Crippen molar-refractivity contribution in [3.63, 3.8) is 0 Å². The van der Waals surface area contributed by atoms with Crippen molar-refractivity contribution >= 4 is 66.8 Å². The second-order valence-corrected chi connectivity index (χ2v) is 13.4. The van der Waals surface area contributed by atoms with Gasteiger partial charge in [0.2, 0.25) is 0 Å². The summed E-state index contributed by atoms with van der Waals surface area (Å²) in [5.74, 6) is 0.224. The van der Waals surface area contributed by atoms with Crippen LogP contribution >= 0.6 is 54.9 Å². The number of phosphoric acid groups is 1. The molecule has 1 aliphatic heterocycles. The van der Waals surface area contributed by atoms with Crippen LogP contribution in [0.5, 0.6) is 0 Å². The zero-order valence-electron chi connectivity index (χ0n) is 16.1. The monoisotopic (exact) mass is 504 g/mol. The molecule has 1 heterocycles. The number of phosphoric ester groups is 1. The summed E-state index contributed by atoms with van der Waals surface area (Å²) in [5.41, 5.74) is 0.656. The minimum Gasteiger partial charge on any atom is -0.460 e. The highest BCUT2D eigenvalue weighted by Gasteiger charge is 2.32. The molecule has 0 spiro atoms. The predicted octanol–water partition coefficient (Wildman–Crippen LogP) is 3.26. The van der Waals surface area contributed by atoms with E-state index in [-0.39, 0.29) is 33.6 Å². The second-order valence-electron chi connectivity index (χ2n) is 5.85. The Kier molecular flexibility index (Phi) is 12.4. The second kappa shape index (κ2) is 13.4. The van der Waals surface area contributed by atoms with Crippen LogP contribution in [-0.2, 0) is 28.2 Å². The van der Waals surface area contributed by atoms with Crippen LogP contribution in [0.25, 0.3) is 0 Å². The molecule has 29 heavy (non-hydrogen) atoms. The highest BCUT2D eigenvalue weighted by Crippen LogP contribution is 2.48. The average Bonchev–Trinajstić information content (AvgIpc) is 2.62. The lowest BCUT2D eigenvalue weighted by molar-refractivity contribution is -0.139. The Balaban J connectivity index is 2.55. The van der Waals surface area contributed by atoms with Crippen LogP contribution in [0.4, 0.5) is 0 Å². The molecule has 8 nitrogen and oxygen atoms in total. The van der Waals surface area contributed by atoms with Crippen LogP contribution in [0.1, 0.15) is 13.8 Å². The van der Waals surface area contributed by atoms with Crippen LogP contribution in [0.3, 0.4) is 0 Å². The summed E-state index contributed by atoms with van der Waals surface area (Å²) in [6.07, 6.45) is 0. The van der Waals surface area contributed by atoms with Gasteiger partial charge < -0.3 is 19.3 Å². The van der Waals surface area contributed by atoms with Gasteiger partial charge in [0.1, 0.15) is 13.2 Å². The molecule has 166 valence electrons. The molecular formula is C16H25O8PS4. The summed E-state index contributed by atoms with van der Waals surface area (Å²) in [5, 5.41) is 0. The molecule has 1 saturated heterocycles. The summed E-state index contributed by atoms with van der Waals surface area (Å²) in [4.78, 5) is 40.7. The van der Waals surface area contributed by atoms with Gasteiger partial charge >= 0.3 is 19.8 Å². The molecule has 0 radical (unpaired) electrons. The Morgan fingerprint density at radius 1 is 0.966 bits per heavy atom. The third kappa shape index (κ3) is 12.4. The minimum absolute atomic E-state index is 0.0370. The minimum atomic E-state index is -4.45. The standard InChI is InChI=1S/C16H25O8PS4/c1-10(2)15(17)22-7-12-27-13(8-23-16(18)11(3)4)29-14(28-12)9-26-6-5-24-25(19,20)21/h12-14H,1,3,5-9H2,2,4H3,(H2,19,20,21). The Bertz CT molecular complexity index is 615.